The molecule has 0 fully saturated rings. The lowest BCUT2D eigenvalue weighted by Gasteiger charge is -2.04. The van der Waals surface area contributed by atoms with Crippen molar-refractivity contribution in [2.45, 2.75) is 6.92 Å². The van der Waals surface area contributed by atoms with Crippen molar-refractivity contribution in [2.75, 3.05) is 5.73 Å². The number of ketones is 1. The van der Waals surface area contributed by atoms with Crippen LogP contribution in [-0.2, 0) is 0 Å². The first-order chi connectivity index (χ1) is 5.54. The van der Waals surface area contributed by atoms with E-state index in [1.807, 2.05) is 0 Å². The van der Waals surface area contributed by atoms with E-state index in [1.165, 1.54) is 13.0 Å². The van der Waals surface area contributed by atoms with Crippen LogP contribution in [0.2, 0.25) is 0 Å². The minimum absolute atomic E-state index is 0.0949. The number of benzene rings is 1. The molecule has 1 aromatic carbocycles. The summed E-state index contributed by atoms with van der Waals surface area (Å²) in [5.74, 6) is -0.282. The number of phenolic OH excluding ortho intramolecular Hbond substituents is 1. The SMILES string of the molecule is CC(=O)c1ccc(N)c(Br)c1O. The molecule has 0 radical (unpaired) electrons. The fourth-order valence-corrected chi connectivity index (χ4v) is 1.21. The predicted octanol–water partition coefficient (Wildman–Crippen LogP) is 1.94. The van der Waals surface area contributed by atoms with Crippen molar-refractivity contribution >= 4 is 27.4 Å². The quantitative estimate of drug-likeness (QED) is 0.572. The molecule has 3 N–H and O–H groups in total. The van der Waals surface area contributed by atoms with Crippen molar-refractivity contribution in [3.8, 4) is 5.75 Å². The van der Waals surface area contributed by atoms with Gasteiger partial charge in [-0.1, -0.05) is 0 Å². The summed E-state index contributed by atoms with van der Waals surface area (Å²) in [5.41, 5.74) is 6.16. The molecule has 0 aromatic heterocycles. The summed E-state index contributed by atoms with van der Waals surface area (Å²) in [6, 6.07) is 3.07. The Balaban J connectivity index is 3.36. The van der Waals surface area contributed by atoms with Crippen molar-refractivity contribution < 1.29 is 9.90 Å². The van der Waals surface area contributed by atoms with Gasteiger partial charge in [0.25, 0.3) is 0 Å². The zero-order chi connectivity index (χ0) is 9.30. The summed E-state index contributed by atoms with van der Waals surface area (Å²) in [6.45, 7) is 1.39. The molecule has 0 spiro atoms. The molecule has 1 rings (SSSR count). The summed E-state index contributed by atoms with van der Waals surface area (Å²) in [6.07, 6.45) is 0. The molecule has 64 valence electrons. The molecule has 0 aliphatic carbocycles. The fourth-order valence-electron chi connectivity index (χ4n) is 0.864. The number of rotatable bonds is 1. The minimum atomic E-state index is -0.187. The second-order valence-electron chi connectivity index (χ2n) is 2.42. The maximum atomic E-state index is 10.9. The van der Waals surface area contributed by atoms with Gasteiger partial charge in [-0.2, -0.15) is 0 Å². The lowest BCUT2D eigenvalue weighted by molar-refractivity contribution is 0.101. The Morgan fingerprint density at radius 2 is 2.17 bits per heavy atom. The van der Waals surface area contributed by atoms with E-state index in [-0.39, 0.29) is 17.1 Å². The molecule has 0 bridgehead atoms. The largest absolute Gasteiger partial charge is 0.506 e. The highest BCUT2D eigenvalue weighted by Crippen LogP contribution is 2.32. The van der Waals surface area contributed by atoms with Gasteiger partial charge in [-0.05, 0) is 35.0 Å². The second-order valence-corrected chi connectivity index (χ2v) is 3.21. The van der Waals surface area contributed by atoms with Gasteiger partial charge in [0.2, 0.25) is 0 Å². The van der Waals surface area contributed by atoms with E-state index in [0.717, 1.165) is 0 Å². The number of nitrogen functional groups attached to an aromatic ring is 1. The third kappa shape index (κ3) is 1.43. The van der Waals surface area contributed by atoms with Crippen LogP contribution in [-0.4, -0.2) is 10.9 Å². The molecule has 0 heterocycles. The summed E-state index contributed by atoms with van der Waals surface area (Å²) in [7, 11) is 0. The smallest absolute Gasteiger partial charge is 0.163 e. The monoisotopic (exact) mass is 229 g/mol. The Morgan fingerprint density at radius 3 is 2.67 bits per heavy atom. The fraction of sp³-hybridized carbons (Fsp3) is 0.125. The summed E-state index contributed by atoms with van der Waals surface area (Å²) in [5, 5.41) is 9.40. The van der Waals surface area contributed by atoms with Gasteiger partial charge in [-0.15, -0.1) is 0 Å². The number of phenols is 1. The summed E-state index contributed by atoms with van der Waals surface area (Å²) >= 11 is 3.07. The third-order valence-corrected chi connectivity index (χ3v) is 2.36. The lowest BCUT2D eigenvalue weighted by atomic mass is 10.1. The topological polar surface area (TPSA) is 63.3 Å². The number of carbonyl (C=O) groups is 1. The molecule has 0 unspecified atom stereocenters. The van der Waals surface area contributed by atoms with Crippen LogP contribution >= 0.6 is 15.9 Å². The molecule has 0 saturated carbocycles. The zero-order valence-electron chi connectivity index (χ0n) is 6.47. The molecule has 0 aliphatic heterocycles. The van der Waals surface area contributed by atoms with Gasteiger partial charge < -0.3 is 10.8 Å². The highest BCUT2D eigenvalue weighted by molar-refractivity contribution is 9.10. The number of hydrogen-bond donors (Lipinski definition) is 2. The standard InChI is InChI=1S/C8H8BrNO2/c1-4(11)5-2-3-6(10)7(9)8(5)12/h2-3,12H,10H2,1H3. The summed E-state index contributed by atoms with van der Waals surface area (Å²) < 4.78 is 0.371. The van der Waals surface area contributed by atoms with Gasteiger partial charge in [-0.3, -0.25) is 4.79 Å². The third-order valence-electron chi connectivity index (χ3n) is 1.53. The Morgan fingerprint density at radius 1 is 1.58 bits per heavy atom. The summed E-state index contributed by atoms with van der Waals surface area (Å²) in [4.78, 5) is 10.9. The number of Topliss-reactive ketones (excluding diaryl/α,β-unsaturated/α-hetero) is 1. The maximum absolute atomic E-state index is 10.9. The normalized spacial score (nSPS) is 9.83. The van der Waals surface area contributed by atoms with Crippen molar-refractivity contribution in [3.63, 3.8) is 0 Å². The van der Waals surface area contributed by atoms with Crippen LogP contribution in [0.25, 0.3) is 0 Å². The van der Waals surface area contributed by atoms with E-state index >= 15 is 0 Å². The van der Waals surface area contributed by atoms with Gasteiger partial charge in [0.15, 0.2) is 5.78 Å². The number of nitrogens with two attached hydrogens (primary N) is 1. The van der Waals surface area contributed by atoms with Crippen molar-refractivity contribution in [2.24, 2.45) is 0 Å². The van der Waals surface area contributed by atoms with E-state index in [1.54, 1.807) is 6.07 Å². The first kappa shape index (κ1) is 9.06. The van der Waals surface area contributed by atoms with Gasteiger partial charge >= 0.3 is 0 Å². The predicted molar refractivity (Wildman–Crippen MR) is 50.2 cm³/mol. The number of aromatic hydroxyl groups is 1. The molecule has 0 saturated heterocycles. The van der Waals surface area contributed by atoms with Gasteiger partial charge in [0.1, 0.15) is 5.75 Å². The van der Waals surface area contributed by atoms with E-state index in [9.17, 15) is 9.90 Å². The van der Waals surface area contributed by atoms with E-state index in [4.69, 9.17) is 5.73 Å². The highest BCUT2D eigenvalue weighted by atomic mass is 79.9. The van der Waals surface area contributed by atoms with Crippen LogP contribution in [0.3, 0.4) is 0 Å². The van der Waals surface area contributed by atoms with Gasteiger partial charge in [0.05, 0.1) is 10.0 Å². The molecular weight excluding hydrogens is 222 g/mol. The Bertz CT molecular complexity index is 336. The first-order valence-electron chi connectivity index (χ1n) is 3.32. The second kappa shape index (κ2) is 3.15. The van der Waals surface area contributed by atoms with Crippen LogP contribution in [0.5, 0.6) is 5.75 Å². The van der Waals surface area contributed by atoms with Crippen LogP contribution in [0.1, 0.15) is 17.3 Å². The average Bonchev–Trinajstić information content (AvgIpc) is 2.00. The number of hydrogen-bond acceptors (Lipinski definition) is 3. The molecular formula is C8H8BrNO2. The molecule has 0 aliphatic rings. The Kier molecular flexibility index (Phi) is 2.38. The number of halogens is 1. The minimum Gasteiger partial charge on any atom is -0.506 e. The van der Waals surface area contributed by atoms with Crippen molar-refractivity contribution in [1.29, 1.82) is 0 Å². The maximum Gasteiger partial charge on any atom is 0.163 e. The number of carbonyl (C=O) groups excluding carboxylic acids is 1. The molecule has 0 atom stereocenters. The van der Waals surface area contributed by atoms with Crippen LogP contribution in [0.15, 0.2) is 16.6 Å². The highest BCUT2D eigenvalue weighted by Gasteiger charge is 2.10. The zero-order valence-corrected chi connectivity index (χ0v) is 8.05. The van der Waals surface area contributed by atoms with Gasteiger partial charge in [-0.25, -0.2) is 0 Å². The van der Waals surface area contributed by atoms with Crippen molar-refractivity contribution in [1.82, 2.24) is 0 Å². The first-order valence-corrected chi connectivity index (χ1v) is 4.11. The average molecular weight is 230 g/mol. The molecule has 3 nitrogen and oxygen atoms in total. The van der Waals surface area contributed by atoms with Crippen LogP contribution < -0.4 is 5.73 Å². The Labute approximate surface area is 78.3 Å². The van der Waals surface area contributed by atoms with E-state index in [0.29, 0.717) is 10.2 Å². The van der Waals surface area contributed by atoms with Gasteiger partial charge in [0, 0.05) is 5.69 Å². The van der Waals surface area contributed by atoms with Crippen molar-refractivity contribution in [3.05, 3.63) is 22.2 Å². The molecule has 1 aromatic rings. The molecule has 0 amide bonds. The molecule has 12 heavy (non-hydrogen) atoms. The lowest BCUT2D eigenvalue weighted by Crippen LogP contribution is -1.95. The van der Waals surface area contributed by atoms with Crippen LogP contribution in [0, 0.1) is 0 Å². The Hall–Kier alpha value is -1.03. The number of anilines is 1. The van der Waals surface area contributed by atoms with E-state index in [2.05, 4.69) is 15.9 Å². The molecule has 4 heteroatoms. The van der Waals surface area contributed by atoms with Crippen LogP contribution in [0.4, 0.5) is 5.69 Å². The van der Waals surface area contributed by atoms with E-state index < -0.39 is 0 Å².